The number of anilines is 1. The summed E-state index contributed by atoms with van der Waals surface area (Å²) in [6.07, 6.45) is 0. The normalized spacial score (nSPS) is 9.83. The molecule has 5 heteroatoms. The Kier molecular flexibility index (Phi) is 3.74. The molecule has 0 fully saturated rings. The van der Waals surface area contributed by atoms with Gasteiger partial charge in [-0.25, -0.2) is 0 Å². The lowest BCUT2D eigenvalue weighted by Crippen LogP contribution is -2.17. The van der Waals surface area contributed by atoms with Gasteiger partial charge < -0.3 is 10.6 Å². The summed E-state index contributed by atoms with van der Waals surface area (Å²) in [4.78, 5) is 23.1. The summed E-state index contributed by atoms with van der Waals surface area (Å²) in [6, 6.07) is 8.51. The molecule has 4 nitrogen and oxygen atoms in total. The number of hydrogen-bond donors (Lipinski definition) is 2. The number of benzene rings is 1. The van der Waals surface area contributed by atoms with Crippen molar-refractivity contribution < 1.29 is 9.59 Å². The predicted octanol–water partition coefficient (Wildman–Crippen LogP) is 2.36. The number of nitrogens with one attached hydrogen (secondary N) is 2. The van der Waals surface area contributed by atoms with Crippen LogP contribution in [0.1, 0.15) is 20.7 Å². The van der Waals surface area contributed by atoms with Gasteiger partial charge in [0.15, 0.2) is 0 Å². The number of thiophene rings is 1. The van der Waals surface area contributed by atoms with Crippen LogP contribution in [0.15, 0.2) is 41.1 Å². The maximum Gasteiger partial charge on any atom is 0.256 e. The maximum absolute atomic E-state index is 11.8. The number of rotatable bonds is 3. The van der Waals surface area contributed by atoms with Gasteiger partial charge in [-0.15, -0.1) is 0 Å². The predicted molar refractivity (Wildman–Crippen MR) is 72.1 cm³/mol. The highest BCUT2D eigenvalue weighted by molar-refractivity contribution is 7.08. The second-order valence-corrected chi connectivity index (χ2v) is 4.40. The molecule has 18 heavy (non-hydrogen) atoms. The second kappa shape index (κ2) is 5.46. The molecule has 2 amide bonds. The molecule has 0 atom stereocenters. The molecule has 2 rings (SSSR count). The van der Waals surface area contributed by atoms with E-state index in [9.17, 15) is 9.59 Å². The van der Waals surface area contributed by atoms with Crippen molar-refractivity contribution >= 4 is 28.8 Å². The fraction of sp³-hybridized carbons (Fsp3) is 0.0769. The SMILES string of the molecule is CNC(=O)c1ccc(NC(=O)c2ccsc2)cc1. The summed E-state index contributed by atoms with van der Waals surface area (Å²) in [7, 11) is 1.58. The van der Waals surface area contributed by atoms with E-state index in [1.54, 1.807) is 42.8 Å². The van der Waals surface area contributed by atoms with Crippen molar-refractivity contribution in [3.63, 3.8) is 0 Å². The van der Waals surface area contributed by atoms with Crippen molar-refractivity contribution in [1.82, 2.24) is 5.32 Å². The van der Waals surface area contributed by atoms with Crippen molar-refractivity contribution in [2.24, 2.45) is 0 Å². The van der Waals surface area contributed by atoms with Gasteiger partial charge in [0.1, 0.15) is 0 Å². The fourth-order valence-corrected chi connectivity index (χ4v) is 2.08. The van der Waals surface area contributed by atoms with Gasteiger partial charge >= 0.3 is 0 Å². The summed E-state index contributed by atoms with van der Waals surface area (Å²) in [5.41, 5.74) is 1.86. The quantitative estimate of drug-likeness (QED) is 0.890. The summed E-state index contributed by atoms with van der Waals surface area (Å²) >= 11 is 1.47. The van der Waals surface area contributed by atoms with Crippen LogP contribution in [0.4, 0.5) is 5.69 Å². The third-order valence-electron chi connectivity index (χ3n) is 2.42. The minimum Gasteiger partial charge on any atom is -0.355 e. The molecule has 2 N–H and O–H groups in total. The van der Waals surface area contributed by atoms with Gasteiger partial charge in [-0.1, -0.05) is 0 Å². The maximum atomic E-state index is 11.8. The lowest BCUT2D eigenvalue weighted by atomic mass is 10.2. The van der Waals surface area contributed by atoms with E-state index in [1.165, 1.54) is 11.3 Å². The van der Waals surface area contributed by atoms with Gasteiger partial charge in [0.2, 0.25) is 0 Å². The van der Waals surface area contributed by atoms with Gasteiger partial charge in [-0.05, 0) is 35.7 Å². The first-order chi connectivity index (χ1) is 8.70. The molecule has 0 radical (unpaired) electrons. The van der Waals surface area contributed by atoms with Gasteiger partial charge in [0.25, 0.3) is 11.8 Å². The standard InChI is InChI=1S/C13H12N2O2S/c1-14-12(16)9-2-4-11(5-3-9)15-13(17)10-6-7-18-8-10/h2-8H,1H3,(H,14,16)(H,15,17). The molecule has 0 spiro atoms. The summed E-state index contributed by atoms with van der Waals surface area (Å²) in [5, 5.41) is 8.94. The first-order valence-corrected chi connectivity index (χ1v) is 6.30. The Morgan fingerprint density at radius 3 is 2.28 bits per heavy atom. The van der Waals surface area contributed by atoms with Crippen LogP contribution in [0.2, 0.25) is 0 Å². The van der Waals surface area contributed by atoms with E-state index < -0.39 is 0 Å². The molecule has 0 aliphatic carbocycles. The zero-order valence-electron chi connectivity index (χ0n) is 9.77. The van der Waals surface area contributed by atoms with Crippen molar-refractivity contribution in [2.75, 3.05) is 12.4 Å². The molecule has 0 aliphatic heterocycles. The minimum atomic E-state index is -0.149. The summed E-state index contributed by atoms with van der Waals surface area (Å²) < 4.78 is 0. The van der Waals surface area contributed by atoms with E-state index in [0.29, 0.717) is 16.8 Å². The van der Waals surface area contributed by atoms with Crippen LogP contribution in [0.5, 0.6) is 0 Å². The molecule has 2 aromatic rings. The van der Waals surface area contributed by atoms with E-state index >= 15 is 0 Å². The molecular weight excluding hydrogens is 248 g/mol. The zero-order chi connectivity index (χ0) is 13.0. The van der Waals surface area contributed by atoms with Crippen LogP contribution in [0.25, 0.3) is 0 Å². The van der Waals surface area contributed by atoms with Crippen LogP contribution in [0.3, 0.4) is 0 Å². The highest BCUT2D eigenvalue weighted by Gasteiger charge is 2.07. The summed E-state index contributed by atoms with van der Waals surface area (Å²) in [6.45, 7) is 0. The average molecular weight is 260 g/mol. The molecule has 1 heterocycles. The fourth-order valence-electron chi connectivity index (χ4n) is 1.45. The Morgan fingerprint density at radius 2 is 1.72 bits per heavy atom. The van der Waals surface area contributed by atoms with Gasteiger partial charge in [-0.2, -0.15) is 11.3 Å². The van der Waals surface area contributed by atoms with E-state index in [-0.39, 0.29) is 11.8 Å². The third kappa shape index (κ3) is 2.75. The highest BCUT2D eigenvalue weighted by atomic mass is 32.1. The molecule has 0 bridgehead atoms. The van der Waals surface area contributed by atoms with E-state index in [2.05, 4.69) is 10.6 Å². The molecule has 0 saturated carbocycles. The van der Waals surface area contributed by atoms with Crippen LogP contribution in [-0.4, -0.2) is 18.9 Å². The van der Waals surface area contributed by atoms with Crippen LogP contribution >= 0.6 is 11.3 Å². The smallest absolute Gasteiger partial charge is 0.256 e. The lowest BCUT2D eigenvalue weighted by molar-refractivity contribution is 0.0962. The molecule has 0 aliphatic rings. The third-order valence-corrected chi connectivity index (χ3v) is 3.10. The van der Waals surface area contributed by atoms with Crippen LogP contribution in [-0.2, 0) is 0 Å². The number of amides is 2. The first kappa shape index (κ1) is 12.3. The highest BCUT2D eigenvalue weighted by Crippen LogP contribution is 2.13. The Hall–Kier alpha value is -2.14. The number of hydrogen-bond acceptors (Lipinski definition) is 3. The molecule has 92 valence electrons. The van der Waals surface area contributed by atoms with Crippen molar-refractivity contribution in [2.45, 2.75) is 0 Å². The van der Waals surface area contributed by atoms with Crippen molar-refractivity contribution in [3.05, 3.63) is 52.2 Å². The largest absolute Gasteiger partial charge is 0.355 e. The zero-order valence-corrected chi connectivity index (χ0v) is 10.6. The van der Waals surface area contributed by atoms with Crippen LogP contribution < -0.4 is 10.6 Å². The minimum absolute atomic E-state index is 0.147. The van der Waals surface area contributed by atoms with Crippen LogP contribution in [0, 0.1) is 0 Å². The molecule has 1 aromatic heterocycles. The molecule has 0 saturated heterocycles. The monoisotopic (exact) mass is 260 g/mol. The lowest BCUT2D eigenvalue weighted by Gasteiger charge is -2.05. The van der Waals surface area contributed by atoms with Gasteiger partial charge in [0, 0.05) is 23.7 Å². The number of carbonyl (C=O) groups is 2. The second-order valence-electron chi connectivity index (χ2n) is 3.62. The van der Waals surface area contributed by atoms with Gasteiger partial charge in [0.05, 0.1) is 5.56 Å². The number of carbonyl (C=O) groups excluding carboxylic acids is 2. The van der Waals surface area contributed by atoms with E-state index in [1.807, 2.05) is 5.38 Å². The first-order valence-electron chi connectivity index (χ1n) is 5.36. The van der Waals surface area contributed by atoms with E-state index in [4.69, 9.17) is 0 Å². The summed E-state index contributed by atoms with van der Waals surface area (Å²) in [5.74, 6) is -0.297. The Labute approximate surface area is 109 Å². The van der Waals surface area contributed by atoms with E-state index in [0.717, 1.165) is 0 Å². The molecule has 0 unspecified atom stereocenters. The Balaban J connectivity index is 2.07. The Bertz CT molecular complexity index is 547. The van der Waals surface area contributed by atoms with Crippen molar-refractivity contribution in [3.8, 4) is 0 Å². The average Bonchev–Trinajstić information content (AvgIpc) is 2.92. The topological polar surface area (TPSA) is 58.2 Å². The van der Waals surface area contributed by atoms with Gasteiger partial charge in [-0.3, -0.25) is 9.59 Å². The Morgan fingerprint density at radius 1 is 1.00 bits per heavy atom. The van der Waals surface area contributed by atoms with Crippen molar-refractivity contribution in [1.29, 1.82) is 0 Å². The molecule has 1 aromatic carbocycles. The molecular formula is C13H12N2O2S.